The van der Waals surface area contributed by atoms with E-state index in [1.165, 1.54) is 17.3 Å². The largest absolute Gasteiger partial charge is 0.493 e. The molecule has 0 unspecified atom stereocenters. The number of carbonyl (C=O) groups is 1. The van der Waals surface area contributed by atoms with Gasteiger partial charge in [0, 0.05) is 11.4 Å². The molecule has 164 valence electrons. The van der Waals surface area contributed by atoms with Gasteiger partial charge in [-0.2, -0.15) is 0 Å². The highest BCUT2D eigenvalue weighted by atomic mass is 32.2. The third-order valence-corrected chi connectivity index (χ3v) is 6.61. The summed E-state index contributed by atoms with van der Waals surface area (Å²) in [6, 6.07) is 20.3. The molecule has 0 saturated carbocycles. The van der Waals surface area contributed by atoms with Crippen molar-refractivity contribution < 1.29 is 9.53 Å². The van der Waals surface area contributed by atoms with Gasteiger partial charge in [-0.05, 0) is 74.2 Å². The molecule has 0 radical (unpaired) electrons. The lowest BCUT2D eigenvalue weighted by Gasteiger charge is -2.22. The molecule has 0 aliphatic carbocycles. The molecule has 3 aromatic rings. The quantitative estimate of drug-likeness (QED) is 0.386. The number of aliphatic imine (C=N–C) groups is 1. The van der Waals surface area contributed by atoms with Crippen molar-refractivity contribution in [3.8, 4) is 5.75 Å². The van der Waals surface area contributed by atoms with E-state index >= 15 is 0 Å². The first-order valence-electron chi connectivity index (χ1n) is 11.0. The lowest BCUT2D eigenvalue weighted by Crippen LogP contribution is -2.36. The summed E-state index contributed by atoms with van der Waals surface area (Å²) in [6.45, 7) is 8.81. The Morgan fingerprint density at radius 1 is 1.03 bits per heavy atom. The van der Waals surface area contributed by atoms with Gasteiger partial charge in [0.05, 0.1) is 17.2 Å². The highest BCUT2D eigenvalue weighted by Crippen LogP contribution is 2.38. The van der Waals surface area contributed by atoms with E-state index in [1.807, 2.05) is 66.4 Å². The van der Waals surface area contributed by atoms with Crippen LogP contribution in [0.3, 0.4) is 0 Å². The Labute approximate surface area is 194 Å². The zero-order chi connectivity index (χ0) is 22.7. The number of hydrogen-bond donors (Lipinski definition) is 0. The third-order valence-electron chi connectivity index (χ3n) is 5.63. The molecule has 3 aromatic carbocycles. The number of carbonyl (C=O) groups excluding carboxylic acids is 1. The van der Waals surface area contributed by atoms with Crippen LogP contribution < -0.4 is 4.74 Å². The molecule has 0 spiro atoms. The zero-order valence-corrected chi connectivity index (χ0v) is 19.8. The summed E-state index contributed by atoms with van der Waals surface area (Å²) in [5, 5.41) is 2.85. The number of amidine groups is 1. The summed E-state index contributed by atoms with van der Waals surface area (Å²) < 4.78 is 5.80. The van der Waals surface area contributed by atoms with Gasteiger partial charge in [0.25, 0.3) is 5.91 Å². The Morgan fingerprint density at radius 3 is 2.44 bits per heavy atom. The molecule has 1 amide bonds. The molecular formula is C27H28N2O2S. The summed E-state index contributed by atoms with van der Waals surface area (Å²) in [5.41, 5.74) is 3.04. The Hall–Kier alpha value is -3.05. The average molecular weight is 445 g/mol. The van der Waals surface area contributed by atoms with Crippen molar-refractivity contribution in [2.24, 2.45) is 4.99 Å². The Bertz CT molecular complexity index is 1200. The highest BCUT2D eigenvalue weighted by Gasteiger charge is 2.36. The topological polar surface area (TPSA) is 41.9 Å². The van der Waals surface area contributed by atoms with E-state index in [-0.39, 0.29) is 11.9 Å². The van der Waals surface area contributed by atoms with E-state index < -0.39 is 0 Å². The van der Waals surface area contributed by atoms with E-state index in [9.17, 15) is 4.79 Å². The molecule has 1 aliphatic rings. The fraction of sp³-hybridized carbons (Fsp3) is 0.259. The van der Waals surface area contributed by atoms with Crippen LogP contribution in [0.1, 0.15) is 38.3 Å². The fourth-order valence-corrected chi connectivity index (χ4v) is 4.79. The SMILES string of the molecule is CCOc1ccc(/C=C2/SC(=Nc3ccc(C)cc3)N([C@@H](C)CC)C2=O)c2ccccc12. The van der Waals surface area contributed by atoms with E-state index in [0.29, 0.717) is 11.5 Å². The van der Waals surface area contributed by atoms with Crippen LogP contribution >= 0.6 is 11.8 Å². The van der Waals surface area contributed by atoms with Gasteiger partial charge in [0.1, 0.15) is 5.75 Å². The van der Waals surface area contributed by atoms with Gasteiger partial charge in [-0.3, -0.25) is 9.69 Å². The molecule has 1 heterocycles. The first kappa shape index (κ1) is 22.2. The maximum absolute atomic E-state index is 13.4. The number of benzene rings is 3. The standard InChI is InChI=1S/C27H28N2O2S/c1-5-19(4)29-26(30)25(32-27(29)28-21-14-11-18(3)12-15-21)17-20-13-16-24(31-6-2)23-10-8-7-9-22(20)23/h7-17,19H,5-6H2,1-4H3/b25-17+,28-27?/t19-/m0/s1. The number of ether oxygens (including phenoxy) is 1. The van der Waals surface area contributed by atoms with Crippen molar-refractivity contribution in [1.82, 2.24) is 4.90 Å². The number of thioether (sulfide) groups is 1. The van der Waals surface area contributed by atoms with Gasteiger partial charge >= 0.3 is 0 Å². The van der Waals surface area contributed by atoms with Crippen LogP contribution in [0.15, 0.2) is 70.6 Å². The summed E-state index contributed by atoms with van der Waals surface area (Å²) >= 11 is 1.44. The van der Waals surface area contributed by atoms with Gasteiger partial charge in [-0.1, -0.05) is 55.0 Å². The van der Waals surface area contributed by atoms with Crippen molar-refractivity contribution in [1.29, 1.82) is 0 Å². The zero-order valence-electron chi connectivity index (χ0n) is 19.0. The minimum Gasteiger partial charge on any atom is -0.493 e. The fourth-order valence-electron chi connectivity index (χ4n) is 3.71. The van der Waals surface area contributed by atoms with E-state index in [2.05, 4.69) is 32.9 Å². The first-order chi connectivity index (χ1) is 15.5. The lowest BCUT2D eigenvalue weighted by molar-refractivity contribution is -0.123. The number of amides is 1. The van der Waals surface area contributed by atoms with Crippen molar-refractivity contribution in [2.45, 2.75) is 40.2 Å². The average Bonchev–Trinajstić information content (AvgIpc) is 3.11. The molecule has 32 heavy (non-hydrogen) atoms. The molecule has 1 aliphatic heterocycles. The number of hydrogen-bond acceptors (Lipinski definition) is 4. The van der Waals surface area contributed by atoms with Gasteiger partial charge in [-0.15, -0.1) is 0 Å². The molecule has 1 fully saturated rings. The van der Waals surface area contributed by atoms with E-state index in [0.717, 1.165) is 39.4 Å². The number of nitrogens with zero attached hydrogens (tertiary/aromatic N) is 2. The molecule has 0 N–H and O–H groups in total. The highest BCUT2D eigenvalue weighted by molar-refractivity contribution is 8.18. The summed E-state index contributed by atoms with van der Waals surface area (Å²) in [5.74, 6) is 0.867. The van der Waals surface area contributed by atoms with Crippen LogP contribution in [-0.2, 0) is 4.79 Å². The smallest absolute Gasteiger partial charge is 0.267 e. The van der Waals surface area contributed by atoms with Crippen molar-refractivity contribution in [2.75, 3.05) is 6.61 Å². The molecule has 5 heteroatoms. The number of rotatable bonds is 6. The molecule has 1 atom stereocenters. The van der Waals surface area contributed by atoms with Crippen molar-refractivity contribution in [3.05, 3.63) is 76.7 Å². The Kier molecular flexibility index (Phi) is 6.66. The second-order valence-corrected chi connectivity index (χ2v) is 8.91. The lowest BCUT2D eigenvalue weighted by atomic mass is 10.0. The normalized spacial score (nSPS) is 17.5. The summed E-state index contributed by atoms with van der Waals surface area (Å²) in [7, 11) is 0. The predicted molar refractivity (Wildman–Crippen MR) is 136 cm³/mol. The Morgan fingerprint density at radius 2 is 1.75 bits per heavy atom. The van der Waals surface area contributed by atoms with Crippen LogP contribution in [0.25, 0.3) is 16.8 Å². The summed E-state index contributed by atoms with van der Waals surface area (Å²) in [4.78, 5) is 20.7. The maximum Gasteiger partial charge on any atom is 0.267 e. The monoisotopic (exact) mass is 444 g/mol. The third kappa shape index (κ3) is 4.44. The second-order valence-electron chi connectivity index (χ2n) is 7.90. The molecule has 0 aromatic heterocycles. The summed E-state index contributed by atoms with van der Waals surface area (Å²) in [6.07, 6.45) is 2.84. The van der Waals surface area contributed by atoms with Crippen LogP contribution in [-0.4, -0.2) is 28.6 Å². The van der Waals surface area contributed by atoms with Crippen LogP contribution in [0.5, 0.6) is 5.75 Å². The molecule has 4 nitrogen and oxygen atoms in total. The van der Waals surface area contributed by atoms with Crippen molar-refractivity contribution >= 4 is 45.4 Å². The minimum atomic E-state index is 0.00757. The minimum absolute atomic E-state index is 0.00757. The van der Waals surface area contributed by atoms with Crippen LogP contribution in [0, 0.1) is 6.92 Å². The van der Waals surface area contributed by atoms with Crippen LogP contribution in [0.2, 0.25) is 0 Å². The van der Waals surface area contributed by atoms with Gasteiger partial charge in [-0.25, -0.2) is 4.99 Å². The van der Waals surface area contributed by atoms with E-state index in [1.54, 1.807) is 0 Å². The second kappa shape index (κ2) is 9.61. The van der Waals surface area contributed by atoms with Gasteiger partial charge in [0.2, 0.25) is 0 Å². The number of fused-ring (bicyclic) bond motifs is 1. The first-order valence-corrected chi connectivity index (χ1v) is 11.9. The molecule has 4 rings (SSSR count). The predicted octanol–water partition coefficient (Wildman–Crippen LogP) is 6.95. The maximum atomic E-state index is 13.4. The number of aryl methyl sites for hydroxylation is 1. The Balaban J connectivity index is 1.76. The van der Waals surface area contributed by atoms with E-state index in [4.69, 9.17) is 9.73 Å². The van der Waals surface area contributed by atoms with Gasteiger partial charge < -0.3 is 4.74 Å². The molecule has 0 bridgehead atoms. The molecular weight excluding hydrogens is 416 g/mol. The molecule has 1 saturated heterocycles. The van der Waals surface area contributed by atoms with Crippen molar-refractivity contribution in [3.63, 3.8) is 0 Å². The van der Waals surface area contributed by atoms with Gasteiger partial charge in [0.15, 0.2) is 5.17 Å². The van der Waals surface area contributed by atoms with Crippen LogP contribution in [0.4, 0.5) is 5.69 Å².